The van der Waals surface area contributed by atoms with Gasteiger partial charge >= 0.3 is 5.97 Å². The highest BCUT2D eigenvalue weighted by atomic mass is 32.2. The first kappa shape index (κ1) is 14.2. The Labute approximate surface area is 130 Å². The van der Waals surface area contributed by atoms with Crippen LogP contribution in [0.1, 0.15) is 43.6 Å². The minimum absolute atomic E-state index is 0.154. The fourth-order valence-electron chi connectivity index (χ4n) is 4.03. The first-order chi connectivity index (χ1) is 10.5. The van der Waals surface area contributed by atoms with Crippen LogP contribution in [0.4, 0.5) is 0 Å². The van der Waals surface area contributed by atoms with E-state index in [2.05, 4.69) is 0 Å². The Morgan fingerprint density at radius 2 is 1.77 bits per heavy atom. The van der Waals surface area contributed by atoms with Crippen LogP contribution in [0, 0.1) is 5.92 Å². The molecule has 1 aromatic rings. The average Bonchev–Trinajstić information content (AvgIpc) is 3.18. The summed E-state index contributed by atoms with van der Waals surface area (Å²) in [5.41, 5.74) is 1.20. The fraction of sp³-hybridized carbons (Fsp3) is 0.562. The molecule has 1 saturated carbocycles. The van der Waals surface area contributed by atoms with Crippen molar-refractivity contribution in [3.63, 3.8) is 0 Å². The minimum Gasteiger partial charge on any atom is -0.481 e. The second-order valence-corrected chi connectivity index (χ2v) is 8.50. The van der Waals surface area contributed by atoms with Gasteiger partial charge in [-0.05, 0) is 55.7 Å². The molecule has 0 aromatic heterocycles. The van der Waals surface area contributed by atoms with Crippen molar-refractivity contribution < 1.29 is 18.3 Å². The quantitative estimate of drug-likeness (QED) is 0.922. The molecule has 0 amide bonds. The van der Waals surface area contributed by atoms with Crippen molar-refractivity contribution in [3.8, 4) is 0 Å². The number of carboxylic acids is 1. The molecule has 3 atom stereocenters. The van der Waals surface area contributed by atoms with Gasteiger partial charge in [0.15, 0.2) is 0 Å². The van der Waals surface area contributed by atoms with Crippen molar-refractivity contribution in [2.45, 2.75) is 55.0 Å². The third-order valence-electron chi connectivity index (χ3n) is 5.29. The molecule has 3 unspecified atom stereocenters. The largest absolute Gasteiger partial charge is 0.481 e. The lowest BCUT2D eigenvalue weighted by molar-refractivity contribution is -0.142. The van der Waals surface area contributed by atoms with Gasteiger partial charge in [0.2, 0.25) is 10.0 Å². The van der Waals surface area contributed by atoms with Crippen molar-refractivity contribution in [2.75, 3.05) is 0 Å². The Balaban J connectivity index is 1.64. The molecular weight excluding hydrogens is 302 g/mol. The second-order valence-electron chi connectivity index (χ2n) is 6.66. The Morgan fingerprint density at radius 3 is 2.32 bits per heavy atom. The predicted octanol–water partition coefficient (Wildman–Crippen LogP) is 2.19. The summed E-state index contributed by atoms with van der Waals surface area (Å²) in [6, 6.07) is 6.62. The standard InChI is InChI=1S/C16H19NO4S/c18-16(19)14-9-12-5-8-15(14)17(12)22(20,21)13-6-3-11(4-7-13)10-1-2-10/h3-4,6-7,10,12,14-15H,1-2,5,8-9H2,(H,18,19). The highest BCUT2D eigenvalue weighted by Crippen LogP contribution is 2.45. The molecule has 0 radical (unpaired) electrons. The number of hydrogen-bond donors (Lipinski definition) is 1. The van der Waals surface area contributed by atoms with Gasteiger partial charge in [0.1, 0.15) is 0 Å². The molecule has 2 saturated heterocycles. The second kappa shape index (κ2) is 4.80. The molecule has 22 heavy (non-hydrogen) atoms. The first-order valence-corrected chi connectivity index (χ1v) is 9.29. The summed E-state index contributed by atoms with van der Waals surface area (Å²) in [7, 11) is -3.59. The van der Waals surface area contributed by atoms with Gasteiger partial charge in [0.05, 0.1) is 10.8 Å². The zero-order chi connectivity index (χ0) is 15.5. The Kier molecular flexibility index (Phi) is 3.10. The first-order valence-electron chi connectivity index (χ1n) is 7.85. The number of carboxylic acid groups (broad SMARTS) is 1. The molecular formula is C16H19NO4S. The summed E-state index contributed by atoms with van der Waals surface area (Å²) in [6.07, 6.45) is 4.24. The van der Waals surface area contributed by atoms with E-state index in [9.17, 15) is 18.3 Å². The third kappa shape index (κ3) is 2.08. The van der Waals surface area contributed by atoms with Crippen LogP contribution in [0.5, 0.6) is 0 Å². The van der Waals surface area contributed by atoms with Gasteiger partial charge in [-0.2, -0.15) is 4.31 Å². The number of carbonyl (C=O) groups is 1. The van der Waals surface area contributed by atoms with Gasteiger partial charge in [0.25, 0.3) is 0 Å². The third-order valence-corrected chi connectivity index (χ3v) is 7.29. The van der Waals surface area contributed by atoms with Crippen LogP contribution in [0.15, 0.2) is 29.2 Å². The maximum absolute atomic E-state index is 12.9. The molecule has 2 aliphatic heterocycles. The maximum Gasteiger partial charge on any atom is 0.308 e. The molecule has 1 aromatic carbocycles. The fourth-order valence-corrected chi connectivity index (χ4v) is 5.95. The van der Waals surface area contributed by atoms with Crippen molar-refractivity contribution in [2.24, 2.45) is 5.92 Å². The zero-order valence-electron chi connectivity index (χ0n) is 12.2. The minimum atomic E-state index is -3.59. The average molecular weight is 321 g/mol. The van der Waals surface area contributed by atoms with Crippen LogP contribution < -0.4 is 0 Å². The van der Waals surface area contributed by atoms with Gasteiger partial charge in [-0.15, -0.1) is 0 Å². The van der Waals surface area contributed by atoms with E-state index in [1.807, 2.05) is 12.1 Å². The molecule has 3 fully saturated rings. The summed E-state index contributed by atoms with van der Waals surface area (Å²) in [4.78, 5) is 11.6. The van der Waals surface area contributed by atoms with Gasteiger partial charge in [-0.25, -0.2) is 8.42 Å². The van der Waals surface area contributed by atoms with Crippen LogP contribution in [-0.2, 0) is 14.8 Å². The molecule has 3 aliphatic rings. The summed E-state index contributed by atoms with van der Waals surface area (Å²) < 4.78 is 27.3. The van der Waals surface area contributed by atoms with Crippen molar-refractivity contribution in [1.29, 1.82) is 0 Å². The van der Waals surface area contributed by atoms with Gasteiger partial charge < -0.3 is 5.11 Å². The number of rotatable bonds is 4. The Hall–Kier alpha value is -1.40. The highest BCUT2D eigenvalue weighted by molar-refractivity contribution is 7.89. The molecule has 6 heteroatoms. The van der Waals surface area contributed by atoms with E-state index in [0.717, 1.165) is 6.42 Å². The summed E-state index contributed by atoms with van der Waals surface area (Å²) in [5.74, 6) is -0.841. The van der Waals surface area contributed by atoms with E-state index >= 15 is 0 Å². The molecule has 1 N–H and O–H groups in total. The Morgan fingerprint density at radius 1 is 1.09 bits per heavy atom. The van der Waals surface area contributed by atoms with E-state index in [-0.39, 0.29) is 12.1 Å². The van der Waals surface area contributed by atoms with Crippen molar-refractivity contribution >= 4 is 16.0 Å². The Bertz CT molecular complexity index is 708. The molecule has 4 rings (SSSR count). The van der Waals surface area contributed by atoms with E-state index in [4.69, 9.17) is 0 Å². The van der Waals surface area contributed by atoms with Crippen LogP contribution >= 0.6 is 0 Å². The summed E-state index contributed by atoms with van der Waals surface area (Å²) in [6.45, 7) is 0. The number of sulfonamides is 1. The van der Waals surface area contributed by atoms with Crippen molar-refractivity contribution in [3.05, 3.63) is 29.8 Å². The monoisotopic (exact) mass is 321 g/mol. The summed E-state index contributed by atoms with van der Waals surface area (Å²) >= 11 is 0. The van der Waals surface area contributed by atoms with E-state index in [1.165, 1.54) is 22.7 Å². The lowest BCUT2D eigenvalue weighted by Gasteiger charge is -2.22. The predicted molar refractivity (Wildman–Crippen MR) is 80.0 cm³/mol. The van der Waals surface area contributed by atoms with Crippen LogP contribution in [-0.4, -0.2) is 35.9 Å². The zero-order valence-corrected chi connectivity index (χ0v) is 13.0. The van der Waals surface area contributed by atoms with Gasteiger partial charge in [-0.3, -0.25) is 4.79 Å². The summed E-state index contributed by atoms with van der Waals surface area (Å²) in [5, 5.41) is 9.27. The molecule has 2 bridgehead atoms. The van der Waals surface area contributed by atoms with Crippen LogP contribution in [0.25, 0.3) is 0 Å². The molecule has 1 aliphatic carbocycles. The number of fused-ring (bicyclic) bond motifs is 2. The normalized spacial score (nSPS) is 31.5. The lowest BCUT2D eigenvalue weighted by Crippen LogP contribution is -2.37. The molecule has 5 nitrogen and oxygen atoms in total. The maximum atomic E-state index is 12.9. The molecule has 118 valence electrons. The van der Waals surface area contributed by atoms with Gasteiger partial charge in [-0.1, -0.05) is 12.1 Å². The highest BCUT2D eigenvalue weighted by Gasteiger charge is 2.54. The molecule has 2 heterocycles. The topological polar surface area (TPSA) is 74.7 Å². The number of hydrogen-bond acceptors (Lipinski definition) is 3. The van der Waals surface area contributed by atoms with Gasteiger partial charge in [0, 0.05) is 12.1 Å². The number of benzene rings is 1. The molecule has 0 spiro atoms. The van der Waals surface area contributed by atoms with E-state index in [0.29, 0.717) is 23.7 Å². The van der Waals surface area contributed by atoms with Crippen LogP contribution in [0.2, 0.25) is 0 Å². The van der Waals surface area contributed by atoms with Crippen molar-refractivity contribution in [1.82, 2.24) is 4.31 Å². The SMILES string of the molecule is O=C(O)C1CC2CCC1N2S(=O)(=O)c1ccc(C2CC2)cc1. The number of aliphatic carboxylic acids is 1. The van der Waals surface area contributed by atoms with E-state index < -0.39 is 21.9 Å². The van der Waals surface area contributed by atoms with Crippen LogP contribution in [0.3, 0.4) is 0 Å². The smallest absolute Gasteiger partial charge is 0.308 e. The lowest BCUT2D eigenvalue weighted by atomic mass is 9.89. The van der Waals surface area contributed by atoms with E-state index in [1.54, 1.807) is 12.1 Å². The number of nitrogens with zero attached hydrogens (tertiary/aromatic N) is 1.